The maximum atomic E-state index is 5.14. The topological polar surface area (TPSA) is 43.6 Å². The van der Waals surface area contributed by atoms with Crippen molar-refractivity contribution >= 4 is 21.9 Å². The van der Waals surface area contributed by atoms with E-state index >= 15 is 0 Å². The van der Waals surface area contributed by atoms with E-state index in [1.165, 1.54) is 16.5 Å². The van der Waals surface area contributed by atoms with Crippen molar-refractivity contribution in [2.45, 2.75) is 0 Å². The largest absolute Gasteiger partial charge is 0.294 e. The lowest BCUT2D eigenvalue weighted by Gasteiger charge is -2.13. The number of fused-ring (bicyclic) bond motifs is 3. The number of rotatable bonds is 5. The van der Waals surface area contributed by atoms with Gasteiger partial charge in [0.25, 0.3) is 0 Å². The number of para-hydroxylation sites is 1. The number of hydrogen-bond donors (Lipinski definition) is 0. The summed E-state index contributed by atoms with van der Waals surface area (Å²) in [6.07, 6.45) is 3.67. The minimum Gasteiger partial charge on any atom is -0.294 e. The molecular formula is C39H26N4. The SMILES string of the molecule is c1ccc(-c2cccc(-c3cc(-c4cccc(-n5c6ccccc6c6cccnc65)c4)nc(-c4ccccn4)c3)c2)cc1. The smallest absolute Gasteiger partial charge is 0.145 e. The number of pyridine rings is 3. The number of benzene rings is 4. The van der Waals surface area contributed by atoms with Crippen LogP contribution in [-0.4, -0.2) is 19.5 Å². The van der Waals surface area contributed by atoms with Crippen LogP contribution < -0.4 is 0 Å². The quantitative estimate of drug-likeness (QED) is 0.214. The van der Waals surface area contributed by atoms with Gasteiger partial charge < -0.3 is 0 Å². The maximum Gasteiger partial charge on any atom is 0.145 e. The van der Waals surface area contributed by atoms with Crippen LogP contribution in [0.4, 0.5) is 0 Å². The Hall–Kier alpha value is -5.87. The van der Waals surface area contributed by atoms with Crippen LogP contribution in [0.25, 0.3) is 72.5 Å². The zero-order chi connectivity index (χ0) is 28.6. The molecule has 8 rings (SSSR count). The number of hydrogen-bond acceptors (Lipinski definition) is 3. The molecule has 0 amide bonds. The van der Waals surface area contributed by atoms with E-state index in [4.69, 9.17) is 9.97 Å². The molecule has 0 unspecified atom stereocenters. The van der Waals surface area contributed by atoms with Gasteiger partial charge in [-0.3, -0.25) is 9.55 Å². The molecule has 0 atom stereocenters. The maximum absolute atomic E-state index is 5.14. The molecule has 0 N–H and O–H groups in total. The molecule has 0 bridgehead atoms. The summed E-state index contributed by atoms with van der Waals surface area (Å²) in [5, 5.41) is 2.33. The number of nitrogens with zero attached hydrogens (tertiary/aromatic N) is 4. The van der Waals surface area contributed by atoms with E-state index in [0.717, 1.165) is 56.0 Å². The molecule has 0 aliphatic rings. The van der Waals surface area contributed by atoms with E-state index in [9.17, 15) is 0 Å². The summed E-state index contributed by atoms with van der Waals surface area (Å²) in [5.74, 6) is 0. The van der Waals surface area contributed by atoms with Gasteiger partial charge in [-0.2, -0.15) is 0 Å². The second-order valence-electron chi connectivity index (χ2n) is 10.6. The fraction of sp³-hybridized carbons (Fsp3) is 0. The highest BCUT2D eigenvalue weighted by atomic mass is 15.0. The fourth-order valence-electron chi connectivity index (χ4n) is 5.86. The lowest BCUT2D eigenvalue weighted by molar-refractivity contribution is 1.13. The van der Waals surface area contributed by atoms with Crippen molar-refractivity contribution in [2.75, 3.05) is 0 Å². The Morgan fingerprint density at radius 3 is 1.98 bits per heavy atom. The first kappa shape index (κ1) is 24.9. The molecule has 4 heteroatoms. The molecule has 0 aliphatic carbocycles. The second-order valence-corrected chi connectivity index (χ2v) is 10.6. The van der Waals surface area contributed by atoms with Crippen LogP contribution in [0.2, 0.25) is 0 Å². The Labute approximate surface area is 249 Å². The molecule has 43 heavy (non-hydrogen) atoms. The molecule has 8 aromatic rings. The van der Waals surface area contributed by atoms with Gasteiger partial charge in [-0.25, -0.2) is 9.97 Å². The molecule has 4 aromatic heterocycles. The van der Waals surface area contributed by atoms with Gasteiger partial charge in [-0.05, 0) is 82.9 Å². The van der Waals surface area contributed by atoms with Crippen LogP contribution in [0.1, 0.15) is 0 Å². The molecule has 0 fully saturated rings. The van der Waals surface area contributed by atoms with Crippen molar-refractivity contribution < 1.29 is 0 Å². The zero-order valence-electron chi connectivity index (χ0n) is 23.3. The average Bonchev–Trinajstić information content (AvgIpc) is 3.43. The summed E-state index contributed by atoms with van der Waals surface area (Å²) in [5.41, 5.74) is 11.3. The predicted octanol–water partition coefficient (Wildman–Crippen LogP) is 9.64. The first-order valence-electron chi connectivity index (χ1n) is 14.4. The number of aromatic nitrogens is 4. The van der Waals surface area contributed by atoms with Gasteiger partial charge in [0.2, 0.25) is 0 Å². The Balaban J connectivity index is 1.30. The van der Waals surface area contributed by atoms with Gasteiger partial charge in [0, 0.05) is 34.4 Å². The molecule has 0 radical (unpaired) electrons. The standard InChI is InChI=1S/C39H26N4/c1-2-11-27(12-3-1)28-13-8-14-29(23-28)31-25-36(42-37(26-31)35-19-6-7-21-40-35)30-15-9-16-32(24-30)43-38-20-5-4-17-33(38)34-18-10-22-41-39(34)43/h1-26H. The third-order valence-electron chi connectivity index (χ3n) is 7.89. The lowest BCUT2D eigenvalue weighted by Crippen LogP contribution is -1.97. The Morgan fingerprint density at radius 1 is 0.395 bits per heavy atom. The van der Waals surface area contributed by atoms with Crippen LogP contribution in [0, 0.1) is 0 Å². The molecule has 0 aliphatic heterocycles. The van der Waals surface area contributed by atoms with Gasteiger partial charge in [0.1, 0.15) is 5.65 Å². The van der Waals surface area contributed by atoms with E-state index in [2.05, 4.69) is 125 Å². The average molecular weight is 551 g/mol. The van der Waals surface area contributed by atoms with E-state index < -0.39 is 0 Å². The first-order chi connectivity index (χ1) is 21.3. The van der Waals surface area contributed by atoms with Crippen molar-refractivity contribution in [3.63, 3.8) is 0 Å². The van der Waals surface area contributed by atoms with Gasteiger partial charge in [-0.1, -0.05) is 84.9 Å². The monoisotopic (exact) mass is 550 g/mol. The normalized spacial score (nSPS) is 11.3. The first-order valence-corrected chi connectivity index (χ1v) is 14.4. The summed E-state index contributed by atoms with van der Waals surface area (Å²) < 4.78 is 2.24. The molecule has 0 saturated heterocycles. The summed E-state index contributed by atoms with van der Waals surface area (Å²) in [6, 6.07) is 50.6. The summed E-state index contributed by atoms with van der Waals surface area (Å²) in [7, 11) is 0. The predicted molar refractivity (Wildman–Crippen MR) is 176 cm³/mol. The highest BCUT2D eigenvalue weighted by Crippen LogP contribution is 2.34. The highest BCUT2D eigenvalue weighted by molar-refractivity contribution is 6.07. The molecule has 4 aromatic carbocycles. The van der Waals surface area contributed by atoms with Gasteiger partial charge in [-0.15, -0.1) is 0 Å². The minimum absolute atomic E-state index is 0.835. The van der Waals surface area contributed by atoms with Crippen LogP contribution >= 0.6 is 0 Å². The van der Waals surface area contributed by atoms with Crippen molar-refractivity contribution in [1.82, 2.24) is 19.5 Å². The van der Waals surface area contributed by atoms with E-state index in [1.807, 2.05) is 42.7 Å². The highest BCUT2D eigenvalue weighted by Gasteiger charge is 2.15. The lowest BCUT2D eigenvalue weighted by atomic mass is 9.97. The Bertz CT molecular complexity index is 2180. The second kappa shape index (κ2) is 10.5. The molecule has 4 heterocycles. The third-order valence-corrected chi connectivity index (χ3v) is 7.89. The third kappa shape index (κ3) is 4.55. The van der Waals surface area contributed by atoms with Gasteiger partial charge >= 0.3 is 0 Å². The molecular weight excluding hydrogens is 524 g/mol. The van der Waals surface area contributed by atoms with Crippen molar-refractivity contribution in [3.05, 3.63) is 158 Å². The van der Waals surface area contributed by atoms with Crippen LogP contribution in [-0.2, 0) is 0 Å². The summed E-state index contributed by atoms with van der Waals surface area (Å²) in [4.78, 5) is 14.6. The molecule has 202 valence electrons. The molecule has 4 nitrogen and oxygen atoms in total. The van der Waals surface area contributed by atoms with E-state index in [0.29, 0.717) is 0 Å². The van der Waals surface area contributed by atoms with E-state index in [-0.39, 0.29) is 0 Å². The van der Waals surface area contributed by atoms with Gasteiger partial charge in [0.15, 0.2) is 0 Å². The van der Waals surface area contributed by atoms with Crippen molar-refractivity contribution in [3.8, 4) is 50.6 Å². The van der Waals surface area contributed by atoms with Crippen molar-refractivity contribution in [1.29, 1.82) is 0 Å². The van der Waals surface area contributed by atoms with Crippen molar-refractivity contribution in [2.24, 2.45) is 0 Å². The summed E-state index contributed by atoms with van der Waals surface area (Å²) >= 11 is 0. The van der Waals surface area contributed by atoms with Crippen LogP contribution in [0.5, 0.6) is 0 Å². The van der Waals surface area contributed by atoms with Gasteiger partial charge in [0.05, 0.1) is 22.6 Å². The fourth-order valence-corrected chi connectivity index (χ4v) is 5.86. The van der Waals surface area contributed by atoms with E-state index in [1.54, 1.807) is 0 Å². The minimum atomic E-state index is 0.835. The Kier molecular flexibility index (Phi) is 6.08. The zero-order valence-corrected chi connectivity index (χ0v) is 23.3. The summed E-state index contributed by atoms with van der Waals surface area (Å²) in [6.45, 7) is 0. The Morgan fingerprint density at radius 2 is 1.09 bits per heavy atom. The molecule has 0 saturated carbocycles. The van der Waals surface area contributed by atoms with Crippen LogP contribution in [0.15, 0.2) is 158 Å². The van der Waals surface area contributed by atoms with Crippen LogP contribution in [0.3, 0.4) is 0 Å². The molecule has 0 spiro atoms.